The summed E-state index contributed by atoms with van der Waals surface area (Å²) in [6.45, 7) is 7.42. The zero-order valence-corrected chi connectivity index (χ0v) is 11.8. The highest BCUT2D eigenvalue weighted by atomic mass is 35.5. The molecule has 2 rings (SSSR count). The highest BCUT2D eigenvalue weighted by Crippen LogP contribution is 2.37. The molecule has 1 heterocycles. The summed E-state index contributed by atoms with van der Waals surface area (Å²) >= 11 is 5.73. The summed E-state index contributed by atoms with van der Waals surface area (Å²) in [6, 6.07) is 5.11. The van der Waals surface area contributed by atoms with Gasteiger partial charge in [0.2, 0.25) is 0 Å². The maximum atomic E-state index is 13.6. The Morgan fingerprint density at radius 1 is 1.39 bits per heavy atom. The van der Waals surface area contributed by atoms with Crippen molar-refractivity contribution in [2.45, 2.75) is 44.8 Å². The molecule has 1 aliphatic heterocycles. The van der Waals surface area contributed by atoms with Gasteiger partial charge < -0.3 is 5.73 Å². The number of hydrogen-bond acceptors (Lipinski definition) is 2. The second-order valence-corrected chi connectivity index (χ2v) is 6.34. The number of hydrogen-bond donors (Lipinski definition) is 1. The van der Waals surface area contributed by atoms with Gasteiger partial charge in [0.1, 0.15) is 5.82 Å². The van der Waals surface area contributed by atoms with E-state index < -0.39 is 0 Å². The van der Waals surface area contributed by atoms with Crippen LogP contribution in [0.25, 0.3) is 0 Å². The first-order chi connectivity index (χ1) is 8.30. The van der Waals surface area contributed by atoms with Crippen LogP contribution in [0.3, 0.4) is 0 Å². The van der Waals surface area contributed by atoms with Gasteiger partial charge in [0, 0.05) is 18.1 Å². The smallest absolute Gasteiger partial charge is 0.142 e. The van der Waals surface area contributed by atoms with Gasteiger partial charge in [-0.15, -0.1) is 0 Å². The quantitative estimate of drug-likeness (QED) is 0.848. The predicted octanol–water partition coefficient (Wildman–Crippen LogP) is 3.35. The fraction of sp³-hybridized carbons (Fsp3) is 0.571. The molecule has 1 saturated heterocycles. The van der Waals surface area contributed by atoms with Crippen LogP contribution in [-0.4, -0.2) is 23.0 Å². The lowest BCUT2D eigenvalue weighted by molar-refractivity contribution is 0.117. The molecule has 1 aliphatic rings. The Morgan fingerprint density at radius 2 is 2.06 bits per heavy atom. The van der Waals surface area contributed by atoms with Crippen molar-refractivity contribution in [1.82, 2.24) is 4.90 Å². The van der Waals surface area contributed by atoms with Crippen molar-refractivity contribution in [1.29, 1.82) is 0 Å². The molecule has 1 aromatic rings. The highest BCUT2D eigenvalue weighted by Gasteiger charge is 2.38. The van der Waals surface area contributed by atoms with Crippen molar-refractivity contribution in [3.05, 3.63) is 34.6 Å². The van der Waals surface area contributed by atoms with Crippen molar-refractivity contribution in [2.75, 3.05) is 6.54 Å². The lowest BCUT2D eigenvalue weighted by Gasteiger charge is -2.38. The van der Waals surface area contributed by atoms with E-state index in [1.165, 1.54) is 6.07 Å². The number of benzene rings is 1. The summed E-state index contributed by atoms with van der Waals surface area (Å²) in [5.74, 6) is -0.373. The van der Waals surface area contributed by atoms with Gasteiger partial charge in [-0.25, -0.2) is 4.39 Å². The van der Waals surface area contributed by atoms with E-state index in [0.29, 0.717) is 0 Å². The van der Waals surface area contributed by atoms with Gasteiger partial charge in [0.05, 0.1) is 11.1 Å². The third-order valence-corrected chi connectivity index (χ3v) is 3.90. The van der Waals surface area contributed by atoms with Gasteiger partial charge in [-0.05, 0) is 44.9 Å². The van der Waals surface area contributed by atoms with Crippen molar-refractivity contribution in [3.8, 4) is 0 Å². The van der Waals surface area contributed by atoms with Crippen LogP contribution in [-0.2, 0) is 0 Å². The molecule has 0 spiro atoms. The molecular formula is C14H20ClFN2. The number of halogens is 2. The minimum absolute atomic E-state index is 0.0227. The number of nitrogens with two attached hydrogens (primary N) is 1. The Hall–Kier alpha value is -0.640. The van der Waals surface area contributed by atoms with Gasteiger partial charge in [-0.2, -0.15) is 0 Å². The van der Waals surface area contributed by atoms with E-state index >= 15 is 0 Å². The van der Waals surface area contributed by atoms with Crippen LogP contribution in [0.2, 0.25) is 5.02 Å². The van der Waals surface area contributed by atoms with E-state index in [0.717, 1.165) is 18.5 Å². The Morgan fingerprint density at radius 3 is 2.61 bits per heavy atom. The van der Waals surface area contributed by atoms with Gasteiger partial charge in [-0.3, -0.25) is 4.90 Å². The Bertz CT molecular complexity index is 442. The van der Waals surface area contributed by atoms with E-state index in [2.05, 4.69) is 25.7 Å². The summed E-state index contributed by atoms with van der Waals surface area (Å²) < 4.78 is 13.6. The topological polar surface area (TPSA) is 29.3 Å². The second-order valence-electron chi connectivity index (χ2n) is 5.94. The summed E-state index contributed by atoms with van der Waals surface area (Å²) in [5.41, 5.74) is 7.13. The Balaban J connectivity index is 2.37. The molecule has 100 valence electrons. The van der Waals surface area contributed by atoms with Crippen molar-refractivity contribution >= 4 is 11.6 Å². The Kier molecular flexibility index (Phi) is 3.67. The summed E-state index contributed by atoms with van der Waals surface area (Å²) in [6.07, 6.45) is 0.937. The van der Waals surface area contributed by atoms with Crippen LogP contribution in [0.4, 0.5) is 4.39 Å². The van der Waals surface area contributed by atoms with Crippen LogP contribution in [0.5, 0.6) is 0 Å². The monoisotopic (exact) mass is 270 g/mol. The predicted molar refractivity (Wildman–Crippen MR) is 73.2 cm³/mol. The highest BCUT2D eigenvalue weighted by molar-refractivity contribution is 6.30. The average Bonchev–Trinajstić information content (AvgIpc) is 2.64. The van der Waals surface area contributed by atoms with E-state index in [1.807, 2.05) is 6.07 Å². The minimum Gasteiger partial charge on any atom is -0.326 e. The molecule has 18 heavy (non-hydrogen) atoms. The first kappa shape index (κ1) is 13.8. The van der Waals surface area contributed by atoms with Crippen LogP contribution >= 0.6 is 11.6 Å². The van der Waals surface area contributed by atoms with Gasteiger partial charge >= 0.3 is 0 Å². The molecule has 2 atom stereocenters. The zero-order chi connectivity index (χ0) is 13.5. The first-order valence-corrected chi connectivity index (χ1v) is 6.66. The van der Waals surface area contributed by atoms with Gasteiger partial charge in [0.15, 0.2) is 0 Å². The zero-order valence-electron chi connectivity index (χ0n) is 11.1. The molecule has 0 aromatic heterocycles. The number of nitrogens with zero attached hydrogens (tertiary/aromatic N) is 1. The third kappa shape index (κ3) is 2.53. The van der Waals surface area contributed by atoms with E-state index in [-0.39, 0.29) is 28.5 Å². The van der Waals surface area contributed by atoms with Crippen LogP contribution < -0.4 is 5.73 Å². The maximum Gasteiger partial charge on any atom is 0.142 e. The van der Waals surface area contributed by atoms with Crippen LogP contribution in [0, 0.1) is 5.82 Å². The van der Waals surface area contributed by atoms with Gasteiger partial charge in [0.25, 0.3) is 0 Å². The van der Waals surface area contributed by atoms with E-state index in [4.69, 9.17) is 17.3 Å². The van der Waals surface area contributed by atoms with Crippen molar-refractivity contribution in [3.63, 3.8) is 0 Å². The van der Waals surface area contributed by atoms with Crippen molar-refractivity contribution in [2.24, 2.45) is 5.73 Å². The standard InChI is InChI=1S/C14H20ClFN2/c1-14(2,3)18-7-6-12(17)13(18)9-4-5-10(15)11(16)8-9/h4-5,8,12-13H,6-7,17H2,1-3H3/t12-,13-/m1/s1. The fourth-order valence-corrected chi connectivity index (χ4v) is 2.81. The third-order valence-electron chi connectivity index (χ3n) is 3.59. The summed E-state index contributed by atoms with van der Waals surface area (Å²) in [5, 5.41) is 0.160. The minimum atomic E-state index is -0.373. The second kappa shape index (κ2) is 4.80. The first-order valence-electron chi connectivity index (χ1n) is 6.28. The molecule has 0 aliphatic carbocycles. The largest absolute Gasteiger partial charge is 0.326 e. The average molecular weight is 271 g/mol. The molecule has 0 amide bonds. The number of rotatable bonds is 1. The lowest BCUT2D eigenvalue weighted by atomic mass is 9.97. The van der Waals surface area contributed by atoms with Gasteiger partial charge in [-0.1, -0.05) is 17.7 Å². The normalized spacial score (nSPS) is 25.7. The molecular weight excluding hydrogens is 251 g/mol. The Labute approximate surface area is 113 Å². The molecule has 2 N–H and O–H groups in total. The molecule has 2 nitrogen and oxygen atoms in total. The fourth-order valence-electron chi connectivity index (χ4n) is 2.69. The molecule has 1 fully saturated rings. The molecule has 4 heteroatoms. The molecule has 0 saturated carbocycles. The number of likely N-dealkylation sites (tertiary alicyclic amines) is 1. The molecule has 0 unspecified atom stereocenters. The van der Waals surface area contributed by atoms with E-state index in [9.17, 15) is 4.39 Å². The molecule has 1 aromatic carbocycles. The summed E-state index contributed by atoms with van der Waals surface area (Å²) in [4.78, 5) is 2.33. The van der Waals surface area contributed by atoms with Crippen molar-refractivity contribution < 1.29 is 4.39 Å². The maximum absolute atomic E-state index is 13.6. The summed E-state index contributed by atoms with van der Waals surface area (Å²) in [7, 11) is 0. The van der Waals surface area contributed by atoms with E-state index in [1.54, 1.807) is 6.07 Å². The lowest BCUT2D eigenvalue weighted by Crippen LogP contribution is -2.43. The van der Waals surface area contributed by atoms with Crippen LogP contribution in [0.15, 0.2) is 18.2 Å². The molecule has 0 bridgehead atoms. The molecule has 0 radical (unpaired) electrons. The SMILES string of the molecule is CC(C)(C)N1CC[C@@H](N)[C@H]1c1ccc(Cl)c(F)c1. The van der Waals surface area contributed by atoms with Crippen LogP contribution in [0.1, 0.15) is 38.8 Å².